The molecule has 0 aliphatic rings. The molecule has 0 saturated carbocycles. The van der Waals surface area contributed by atoms with Gasteiger partial charge in [-0.1, -0.05) is 43.8 Å². The summed E-state index contributed by atoms with van der Waals surface area (Å²) >= 11 is 1.32. The monoisotopic (exact) mass is 421 g/mol. The molecule has 0 aliphatic heterocycles. The van der Waals surface area contributed by atoms with Crippen LogP contribution in [0.25, 0.3) is 5.69 Å². The first-order valence-corrected chi connectivity index (χ1v) is 10.9. The van der Waals surface area contributed by atoms with E-state index in [2.05, 4.69) is 24.3 Å². The summed E-state index contributed by atoms with van der Waals surface area (Å²) < 4.78 is 1.38. The van der Waals surface area contributed by atoms with Crippen LogP contribution in [-0.4, -0.2) is 20.9 Å². The van der Waals surface area contributed by atoms with Gasteiger partial charge in [0.15, 0.2) is 0 Å². The standard InChI is InChI=1S/C24H27N3O2S/c1-15(2)19-7-9-20(10-8-19)25-24(29)18(5)30-22-12-13-23(28)27(26-22)21-11-6-16(3)17(4)14-21/h6-15,18H,1-5H3,(H,25,29)/t18-/m0/s1. The molecule has 1 amide bonds. The minimum atomic E-state index is -0.368. The third-order valence-electron chi connectivity index (χ3n) is 5.02. The molecular weight excluding hydrogens is 394 g/mol. The van der Waals surface area contributed by atoms with Crippen LogP contribution in [0.5, 0.6) is 0 Å². The molecule has 6 heteroatoms. The molecule has 30 heavy (non-hydrogen) atoms. The molecule has 0 bridgehead atoms. The van der Waals surface area contributed by atoms with E-state index < -0.39 is 0 Å². The molecule has 1 N–H and O–H groups in total. The number of carbonyl (C=O) groups excluding carboxylic acids is 1. The molecule has 5 nitrogen and oxygen atoms in total. The average molecular weight is 422 g/mol. The second-order valence-corrected chi connectivity index (χ2v) is 9.08. The third kappa shape index (κ3) is 5.19. The summed E-state index contributed by atoms with van der Waals surface area (Å²) in [6.07, 6.45) is 0. The zero-order valence-corrected chi connectivity index (χ0v) is 18.8. The highest BCUT2D eigenvalue weighted by molar-refractivity contribution is 8.00. The Balaban J connectivity index is 1.73. The van der Waals surface area contributed by atoms with E-state index in [0.29, 0.717) is 16.6 Å². The highest BCUT2D eigenvalue weighted by Gasteiger charge is 2.16. The van der Waals surface area contributed by atoms with Gasteiger partial charge in [0.2, 0.25) is 5.91 Å². The van der Waals surface area contributed by atoms with E-state index in [9.17, 15) is 9.59 Å². The van der Waals surface area contributed by atoms with E-state index >= 15 is 0 Å². The normalized spacial score (nSPS) is 12.1. The Labute approximate surface area is 181 Å². The molecule has 0 spiro atoms. The molecule has 0 aliphatic carbocycles. The molecule has 3 rings (SSSR count). The van der Waals surface area contributed by atoms with Gasteiger partial charge in [-0.05, 0) is 73.7 Å². The second-order valence-electron chi connectivity index (χ2n) is 7.72. The summed E-state index contributed by atoms with van der Waals surface area (Å²) in [4.78, 5) is 24.9. The lowest BCUT2D eigenvalue weighted by atomic mass is 10.0. The van der Waals surface area contributed by atoms with Crippen LogP contribution in [0.15, 0.2) is 64.4 Å². The molecule has 1 atom stereocenters. The van der Waals surface area contributed by atoms with Crippen molar-refractivity contribution in [3.63, 3.8) is 0 Å². The number of carbonyl (C=O) groups is 1. The van der Waals surface area contributed by atoms with Crippen molar-refractivity contribution in [1.29, 1.82) is 0 Å². The highest BCUT2D eigenvalue weighted by Crippen LogP contribution is 2.23. The fourth-order valence-corrected chi connectivity index (χ4v) is 3.73. The van der Waals surface area contributed by atoms with Gasteiger partial charge in [0.05, 0.1) is 10.9 Å². The van der Waals surface area contributed by atoms with E-state index in [-0.39, 0.29) is 16.7 Å². The van der Waals surface area contributed by atoms with Crippen LogP contribution in [-0.2, 0) is 4.79 Å². The minimum absolute atomic E-state index is 0.108. The lowest BCUT2D eigenvalue weighted by Crippen LogP contribution is -2.24. The van der Waals surface area contributed by atoms with Crippen molar-refractivity contribution in [1.82, 2.24) is 9.78 Å². The number of nitrogens with zero attached hydrogens (tertiary/aromatic N) is 2. The summed E-state index contributed by atoms with van der Waals surface area (Å²) in [7, 11) is 0. The van der Waals surface area contributed by atoms with Gasteiger partial charge in [0.25, 0.3) is 5.56 Å². The van der Waals surface area contributed by atoms with E-state index in [1.165, 1.54) is 28.1 Å². The zero-order chi connectivity index (χ0) is 21.8. The summed E-state index contributed by atoms with van der Waals surface area (Å²) in [5, 5.41) is 7.65. The number of thioether (sulfide) groups is 1. The molecular formula is C24H27N3O2S. The molecule has 0 unspecified atom stereocenters. The number of aromatic nitrogens is 2. The number of aryl methyl sites for hydroxylation is 2. The van der Waals surface area contributed by atoms with E-state index in [1.807, 2.05) is 63.2 Å². The number of hydrogen-bond acceptors (Lipinski definition) is 4. The highest BCUT2D eigenvalue weighted by atomic mass is 32.2. The van der Waals surface area contributed by atoms with E-state index in [1.54, 1.807) is 6.07 Å². The first kappa shape index (κ1) is 21.8. The predicted molar refractivity (Wildman–Crippen MR) is 124 cm³/mol. The molecule has 3 aromatic rings. The number of rotatable bonds is 6. The van der Waals surface area contributed by atoms with Crippen LogP contribution in [0, 0.1) is 13.8 Å². The average Bonchev–Trinajstić information content (AvgIpc) is 2.72. The van der Waals surface area contributed by atoms with E-state index in [0.717, 1.165) is 16.8 Å². The van der Waals surface area contributed by atoms with Crippen molar-refractivity contribution >= 4 is 23.4 Å². The molecule has 1 heterocycles. The van der Waals surface area contributed by atoms with Crippen molar-refractivity contribution in [2.24, 2.45) is 0 Å². The predicted octanol–water partition coefficient (Wildman–Crippen LogP) is 5.09. The van der Waals surface area contributed by atoms with Crippen LogP contribution in [0.2, 0.25) is 0 Å². The summed E-state index contributed by atoms with van der Waals surface area (Å²) in [5.41, 5.74) is 4.76. The number of anilines is 1. The maximum absolute atomic E-state index is 12.6. The van der Waals surface area contributed by atoms with Gasteiger partial charge in [-0.25, -0.2) is 0 Å². The van der Waals surface area contributed by atoms with Gasteiger partial charge in [-0.2, -0.15) is 9.78 Å². The number of amides is 1. The summed E-state index contributed by atoms with van der Waals surface area (Å²) in [6.45, 7) is 10.1. The SMILES string of the molecule is Cc1ccc(-n2nc(S[C@@H](C)C(=O)Nc3ccc(C(C)C)cc3)ccc2=O)cc1C. The molecule has 156 valence electrons. The Morgan fingerprint density at radius 2 is 1.67 bits per heavy atom. The molecule has 0 saturated heterocycles. The third-order valence-corrected chi connectivity index (χ3v) is 6.05. The maximum atomic E-state index is 12.6. The lowest BCUT2D eigenvalue weighted by Gasteiger charge is -2.13. The van der Waals surface area contributed by atoms with Crippen molar-refractivity contribution in [2.75, 3.05) is 5.32 Å². The summed E-state index contributed by atoms with van der Waals surface area (Å²) in [6, 6.07) is 16.8. The van der Waals surface area contributed by atoms with Gasteiger partial charge in [-0.15, -0.1) is 0 Å². The van der Waals surface area contributed by atoms with Gasteiger partial charge in [0, 0.05) is 11.8 Å². The van der Waals surface area contributed by atoms with Crippen LogP contribution in [0.3, 0.4) is 0 Å². The fourth-order valence-electron chi connectivity index (χ4n) is 2.93. The van der Waals surface area contributed by atoms with Crippen LogP contribution in [0.4, 0.5) is 5.69 Å². The first-order valence-electron chi connectivity index (χ1n) is 10.00. The number of benzene rings is 2. The Hall–Kier alpha value is -2.86. The lowest BCUT2D eigenvalue weighted by molar-refractivity contribution is -0.115. The summed E-state index contributed by atoms with van der Waals surface area (Å²) in [5.74, 6) is 0.339. The topological polar surface area (TPSA) is 64.0 Å². The van der Waals surface area contributed by atoms with Crippen LogP contribution >= 0.6 is 11.8 Å². The van der Waals surface area contributed by atoms with Gasteiger partial charge in [-0.3, -0.25) is 9.59 Å². The maximum Gasteiger partial charge on any atom is 0.271 e. The zero-order valence-electron chi connectivity index (χ0n) is 18.0. The Kier molecular flexibility index (Phi) is 6.77. The molecule has 2 aromatic carbocycles. The van der Waals surface area contributed by atoms with Crippen molar-refractivity contribution in [3.05, 3.63) is 81.6 Å². The quantitative estimate of drug-likeness (QED) is 0.563. The first-order chi connectivity index (χ1) is 14.2. The Morgan fingerprint density at radius 1 is 0.967 bits per heavy atom. The Bertz CT molecular complexity index is 1100. The fraction of sp³-hybridized carbons (Fsp3) is 0.292. The smallest absolute Gasteiger partial charge is 0.271 e. The van der Waals surface area contributed by atoms with Crippen molar-refractivity contribution in [3.8, 4) is 5.69 Å². The number of hydrogen-bond donors (Lipinski definition) is 1. The molecule has 1 aromatic heterocycles. The van der Waals surface area contributed by atoms with Crippen molar-refractivity contribution in [2.45, 2.75) is 50.8 Å². The van der Waals surface area contributed by atoms with Crippen LogP contribution < -0.4 is 10.9 Å². The second kappa shape index (κ2) is 9.30. The number of nitrogens with one attached hydrogen (secondary N) is 1. The van der Waals surface area contributed by atoms with Crippen LogP contribution in [0.1, 0.15) is 43.4 Å². The van der Waals surface area contributed by atoms with E-state index in [4.69, 9.17) is 0 Å². The van der Waals surface area contributed by atoms with Gasteiger partial charge in [0.1, 0.15) is 5.03 Å². The van der Waals surface area contributed by atoms with Gasteiger partial charge < -0.3 is 5.32 Å². The molecule has 0 radical (unpaired) electrons. The minimum Gasteiger partial charge on any atom is -0.325 e. The molecule has 0 fully saturated rings. The van der Waals surface area contributed by atoms with Gasteiger partial charge >= 0.3 is 0 Å². The Morgan fingerprint density at radius 3 is 2.30 bits per heavy atom. The van der Waals surface area contributed by atoms with Crippen molar-refractivity contribution < 1.29 is 4.79 Å². The largest absolute Gasteiger partial charge is 0.325 e.